The zero-order valence-corrected chi connectivity index (χ0v) is 9.80. The monoisotopic (exact) mass is 295 g/mol. The second-order valence-electron chi connectivity index (χ2n) is 3.65. The Labute approximate surface area is 108 Å². The number of nitrogens with zero attached hydrogens (tertiary/aromatic N) is 2. The summed E-state index contributed by atoms with van der Waals surface area (Å²) < 4.78 is 38.5. The summed E-state index contributed by atoms with van der Waals surface area (Å²) in [5.74, 6) is -5.33. The smallest absolute Gasteiger partial charge is 0.435 e. The molecule has 0 aromatic carbocycles. The third kappa shape index (κ3) is 3.24. The van der Waals surface area contributed by atoms with Gasteiger partial charge in [-0.25, -0.2) is 9.59 Å². The summed E-state index contributed by atoms with van der Waals surface area (Å²) in [7, 11) is 1.12. The number of carboxylic acids is 2. The van der Waals surface area contributed by atoms with Gasteiger partial charge in [0.05, 0.1) is 5.56 Å². The molecular formula is C9H8F3N3O5. The number of aromatic nitrogens is 2. The number of carbonyl (C=O) groups is 3. The highest BCUT2D eigenvalue weighted by Gasteiger charge is 2.40. The maximum atomic E-state index is 12.6. The van der Waals surface area contributed by atoms with Crippen LogP contribution in [0, 0.1) is 0 Å². The van der Waals surface area contributed by atoms with Crippen molar-refractivity contribution < 1.29 is 37.8 Å². The number of carboxylic acid groups (broad SMARTS) is 2. The molecule has 0 atom stereocenters. The fraction of sp³-hybridized carbons (Fsp3) is 0.333. The molecular weight excluding hydrogens is 287 g/mol. The molecule has 1 aromatic rings. The largest absolute Gasteiger partial charge is 0.479 e. The third-order valence-corrected chi connectivity index (χ3v) is 2.11. The molecule has 1 heterocycles. The fourth-order valence-electron chi connectivity index (χ4n) is 1.30. The van der Waals surface area contributed by atoms with E-state index in [4.69, 9.17) is 10.2 Å². The number of nitrogens with one attached hydrogen (secondary N) is 1. The van der Waals surface area contributed by atoms with Crippen molar-refractivity contribution in [2.45, 2.75) is 12.2 Å². The van der Waals surface area contributed by atoms with Crippen molar-refractivity contribution in [2.75, 3.05) is 0 Å². The van der Waals surface area contributed by atoms with E-state index < -0.39 is 41.3 Å². The number of rotatable bonds is 4. The Morgan fingerprint density at radius 1 is 1.30 bits per heavy atom. The first kappa shape index (κ1) is 15.5. The average molecular weight is 295 g/mol. The Hall–Kier alpha value is -2.59. The number of aryl methyl sites for hydroxylation is 1. The highest BCUT2D eigenvalue weighted by atomic mass is 19.4. The molecule has 110 valence electrons. The third-order valence-electron chi connectivity index (χ3n) is 2.11. The number of alkyl halides is 3. The lowest BCUT2D eigenvalue weighted by molar-refractivity contribution is -0.150. The van der Waals surface area contributed by atoms with Crippen LogP contribution in [0.3, 0.4) is 0 Å². The van der Waals surface area contributed by atoms with Crippen molar-refractivity contribution in [1.82, 2.24) is 15.1 Å². The lowest BCUT2D eigenvalue weighted by atomic mass is 10.2. The van der Waals surface area contributed by atoms with Crippen LogP contribution in [0.5, 0.6) is 0 Å². The lowest BCUT2D eigenvalue weighted by Gasteiger charge is -2.10. The highest BCUT2D eigenvalue weighted by Crippen LogP contribution is 2.30. The van der Waals surface area contributed by atoms with Gasteiger partial charge in [0, 0.05) is 13.2 Å². The van der Waals surface area contributed by atoms with Crippen LogP contribution in [0.2, 0.25) is 0 Å². The van der Waals surface area contributed by atoms with Gasteiger partial charge in [0.1, 0.15) is 0 Å². The van der Waals surface area contributed by atoms with E-state index in [0.29, 0.717) is 10.9 Å². The van der Waals surface area contributed by atoms with Crippen LogP contribution in [-0.2, 0) is 22.8 Å². The van der Waals surface area contributed by atoms with Gasteiger partial charge in [-0.05, 0) is 0 Å². The normalized spacial score (nSPS) is 11.4. The quantitative estimate of drug-likeness (QED) is 0.656. The van der Waals surface area contributed by atoms with Crippen molar-refractivity contribution in [2.24, 2.45) is 7.05 Å². The van der Waals surface area contributed by atoms with Crippen molar-refractivity contribution in [1.29, 1.82) is 0 Å². The summed E-state index contributed by atoms with van der Waals surface area (Å²) in [4.78, 5) is 32.7. The Balaban J connectivity index is 3.10. The molecule has 11 heteroatoms. The first-order valence-corrected chi connectivity index (χ1v) is 4.91. The molecule has 0 unspecified atom stereocenters. The van der Waals surface area contributed by atoms with Crippen LogP contribution in [0.1, 0.15) is 16.1 Å². The number of halogens is 3. The minimum Gasteiger partial charge on any atom is -0.479 e. The minimum absolute atomic E-state index is 0.703. The molecule has 0 bridgehead atoms. The molecule has 1 rings (SSSR count). The molecule has 8 nitrogen and oxygen atoms in total. The van der Waals surface area contributed by atoms with E-state index in [9.17, 15) is 27.6 Å². The molecule has 0 saturated heterocycles. The molecule has 0 aliphatic carbocycles. The molecule has 1 amide bonds. The van der Waals surface area contributed by atoms with Crippen LogP contribution in [0.25, 0.3) is 0 Å². The van der Waals surface area contributed by atoms with Gasteiger partial charge in [0.2, 0.25) is 6.04 Å². The molecule has 3 N–H and O–H groups in total. The van der Waals surface area contributed by atoms with Crippen molar-refractivity contribution in [3.8, 4) is 0 Å². The number of hydrogen-bond acceptors (Lipinski definition) is 4. The number of hydrogen-bond donors (Lipinski definition) is 3. The van der Waals surface area contributed by atoms with Crippen molar-refractivity contribution in [3.05, 3.63) is 17.5 Å². The maximum absolute atomic E-state index is 12.6. The Morgan fingerprint density at radius 3 is 2.20 bits per heavy atom. The van der Waals surface area contributed by atoms with Crippen LogP contribution < -0.4 is 5.32 Å². The topological polar surface area (TPSA) is 122 Å². The van der Waals surface area contributed by atoms with Crippen LogP contribution in [-0.4, -0.2) is 43.9 Å². The minimum atomic E-state index is -4.93. The Bertz CT molecular complexity index is 552. The fourth-order valence-corrected chi connectivity index (χ4v) is 1.30. The van der Waals surface area contributed by atoms with Crippen LogP contribution in [0.4, 0.5) is 13.2 Å². The van der Waals surface area contributed by atoms with Gasteiger partial charge in [-0.1, -0.05) is 0 Å². The summed E-state index contributed by atoms with van der Waals surface area (Å²) >= 11 is 0. The standard InChI is InChI=1S/C9H8F3N3O5/c1-15-2-3(5(14-15)9(10,11)12)6(16)13-4(7(17)18)8(19)20/h2,4H,1H3,(H,13,16)(H,17,18)(H,19,20). The van der Waals surface area contributed by atoms with Crippen LogP contribution >= 0.6 is 0 Å². The Morgan fingerprint density at radius 2 is 1.80 bits per heavy atom. The maximum Gasteiger partial charge on any atom is 0.435 e. The summed E-state index contributed by atoms with van der Waals surface area (Å²) in [5, 5.41) is 21.6. The number of amides is 1. The van der Waals surface area contributed by atoms with E-state index in [0.717, 1.165) is 7.05 Å². The Kier molecular flexibility index (Phi) is 4.01. The highest BCUT2D eigenvalue weighted by molar-refractivity contribution is 6.04. The van der Waals surface area contributed by atoms with Crippen molar-refractivity contribution >= 4 is 17.8 Å². The lowest BCUT2D eigenvalue weighted by Crippen LogP contribution is -2.46. The summed E-state index contributed by atoms with van der Waals surface area (Å²) in [6.45, 7) is 0. The summed E-state index contributed by atoms with van der Waals surface area (Å²) in [5.41, 5.74) is -2.50. The van der Waals surface area contributed by atoms with Gasteiger partial charge >= 0.3 is 18.1 Å². The van der Waals surface area contributed by atoms with E-state index in [-0.39, 0.29) is 0 Å². The van der Waals surface area contributed by atoms with Gasteiger partial charge < -0.3 is 15.5 Å². The summed E-state index contributed by atoms with van der Waals surface area (Å²) in [6.07, 6.45) is -4.23. The predicted molar refractivity (Wildman–Crippen MR) is 54.7 cm³/mol. The zero-order valence-electron chi connectivity index (χ0n) is 9.80. The van der Waals surface area contributed by atoms with Gasteiger partial charge in [-0.15, -0.1) is 0 Å². The molecule has 1 aromatic heterocycles. The van der Waals surface area contributed by atoms with E-state index in [1.807, 2.05) is 0 Å². The van der Waals surface area contributed by atoms with Crippen LogP contribution in [0.15, 0.2) is 6.20 Å². The first-order chi connectivity index (χ1) is 9.04. The number of carbonyl (C=O) groups excluding carboxylic acids is 1. The van der Waals surface area contributed by atoms with Gasteiger partial charge in [0.15, 0.2) is 5.69 Å². The average Bonchev–Trinajstić information content (AvgIpc) is 2.66. The van der Waals surface area contributed by atoms with Crippen molar-refractivity contribution in [3.63, 3.8) is 0 Å². The van der Waals surface area contributed by atoms with E-state index in [2.05, 4.69) is 5.10 Å². The molecule has 0 spiro atoms. The predicted octanol–water partition coefficient (Wildman–Crippen LogP) is -0.293. The SMILES string of the molecule is Cn1cc(C(=O)NC(C(=O)O)C(=O)O)c(C(F)(F)F)n1. The number of aliphatic carboxylic acids is 2. The van der Waals surface area contributed by atoms with Gasteiger partial charge in [-0.2, -0.15) is 18.3 Å². The van der Waals surface area contributed by atoms with E-state index in [1.165, 1.54) is 5.32 Å². The van der Waals surface area contributed by atoms with Gasteiger partial charge in [0.25, 0.3) is 5.91 Å². The molecule has 0 saturated carbocycles. The first-order valence-electron chi connectivity index (χ1n) is 4.91. The second kappa shape index (κ2) is 5.19. The molecule has 0 fully saturated rings. The van der Waals surface area contributed by atoms with Gasteiger partial charge in [-0.3, -0.25) is 9.48 Å². The second-order valence-corrected chi connectivity index (χ2v) is 3.65. The van der Waals surface area contributed by atoms with E-state index >= 15 is 0 Å². The molecule has 0 radical (unpaired) electrons. The van der Waals surface area contributed by atoms with E-state index in [1.54, 1.807) is 0 Å². The molecule has 0 aliphatic heterocycles. The molecule has 0 aliphatic rings. The zero-order chi connectivity index (χ0) is 15.7. The molecule has 20 heavy (non-hydrogen) atoms. The summed E-state index contributed by atoms with van der Waals surface area (Å²) in [6, 6.07) is -2.36.